The molecule has 1 fully saturated rings. The van der Waals surface area contributed by atoms with Crippen molar-refractivity contribution in [1.82, 2.24) is 0 Å². The van der Waals surface area contributed by atoms with Crippen LogP contribution in [0.5, 0.6) is 0 Å². The van der Waals surface area contributed by atoms with Gasteiger partial charge < -0.3 is 0 Å². The summed E-state index contributed by atoms with van der Waals surface area (Å²) in [4.78, 5) is 0. The molecule has 0 nitrogen and oxygen atoms in total. The summed E-state index contributed by atoms with van der Waals surface area (Å²) in [5.41, 5.74) is 1.40. The molecule has 0 unspecified atom stereocenters. The average molecular weight is 162 g/mol. The summed E-state index contributed by atoms with van der Waals surface area (Å²) in [6.07, 6.45) is 10.3. The zero-order valence-corrected chi connectivity index (χ0v) is 7.92. The van der Waals surface area contributed by atoms with Gasteiger partial charge in [-0.3, -0.25) is 0 Å². The third-order valence-corrected chi connectivity index (χ3v) is 3.55. The average Bonchev–Trinajstić information content (AvgIpc) is 2.49. The lowest BCUT2D eigenvalue weighted by Gasteiger charge is -2.30. The van der Waals surface area contributed by atoms with Crippen molar-refractivity contribution in [2.24, 2.45) is 17.8 Å². The molecule has 0 aromatic carbocycles. The molecular formula is C12H18. The van der Waals surface area contributed by atoms with Gasteiger partial charge in [0.25, 0.3) is 0 Å². The fourth-order valence-corrected chi connectivity index (χ4v) is 2.90. The third-order valence-electron chi connectivity index (χ3n) is 3.55. The fourth-order valence-electron chi connectivity index (χ4n) is 2.90. The van der Waals surface area contributed by atoms with Crippen molar-refractivity contribution in [2.75, 3.05) is 0 Å². The van der Waals surface area contributed by atoms with Crippen LogP contribution in [0.15, 0.2) is 24.3 Å². The Bertz CT molecular complexity index is 212. The molecule has 2 aliphatic rings. The van der Waals surface area contributed by atoms with Crippen LogP contribution in [-0.4, -0.2) is 0 Å². The minimum absolute atomic E-state index is 0.794. The number of hydrogen-bond donors (Lipinski definition) is 0. The van der Waals surface area contributed by atoms with Gasteiger partial charge in [-0.05, 0) is 43.9 Å². The topological polar surface area (TPSA) is 0 Å². The molecule has 2 aliphatic carbocycles. The molecule has 0 amide bonds. The molecule has 0 aromatic rings. The van der Waals surface area contributed by atoms with E-state index in [1.807, 2.05) is 0 Å². The van der Waals surface area contributed by atoms with Gasteiger partial charge >= 0.3 is 0 Å². The van der Waals surface area contributed by atoms with Crippen LogP contribution in [0.2, 0.25) is 0 Å². The first-order chi connectivity index (χ1) is 5.79. The van der Waals surface area contributed by atoms with Gasteiger partial charge in [0, 0.05) is 0 Å². The molecule has 0 N–H and O–H groups in total. The van der Waals surface area contributed by atoms with E-state index in [9.17, 15) is 0 Å². The summed E-state index contributed by atoms with van der Waals surface area (Å²) in [7, 11) is 0. The lowest BCUT2D eigenvalue weighted by molar-refractivity contribution is 0.320. The van der Waals surface area contributed by atoms with E-state index in [1.165, 1.54) is 31.3 Å². The van der Waals surface area contributed by atoms with Crippen LogP contribution in [0.25, 0.3) is 0 Å². The lowest BCUT2D eigenvalue weighted by atomic mass is 9.75. The van der Waals surface area contributed by atoms with Crippen molar-refractivity contribution < 1.29 is 0 Å². The van der Waals surface area contributed by atoms with Crippen LogP contribution >= 0.6 is 0 Å². The van der Waals surface area contributed by atoms with Crippen LogP contribution in [0.3, 0.4) is 0 Å². The first-order valence-electron chi connectivity index (χ1n) is 5.11. The summed E-state index contributed by atoms with van der Waals surface area (Å²) in [5, 5.41) is 0. The van der Waals surface area contributed by atoms with E-state index in [0.717, 1.165) is 17.8 Å². The summed E-state index contributed by atoms with van der Waals surface area (Å²) in [6.45, 7) is 6.30. The maximum absolute atomic E-state index is 4.11. The maximum atomic E-state index is 4.11. The quantitative estimate of drug-likeness (QED) is 0.517. The van der Waals surface area contributed by atoms with E-state index in [2.05, 4.69) is 25.7 Å². The molecule has 2 rings (SSSR count). The van der Waals surface area contributed by atoms with Gasteiger partial charge in [-0.25, -0.2) is 0 Å². The van der Waals surface area contributed by atoms with Gasteiger partial charge in [0.2, 0.25) is 0 Å². The van der Waals surface area contributed by atoms with Gasteiger partial charge in [-0.1, -0.05) is 30.7 Å². The van der Waals surface area contributed by atoms with Crippen LogP contribution in [0.4, 0.5) is 0 Å². The smallest absolute Gasteiger partial charge is 0.0140 e. The summed E-state index contributed by atoms with van der Waals surface area (Å²) < 4.78 is 0. The number of fused-ring (bicyclic) bond motifs is 1. The monoisotopic (exact) mass is 162 g/mol. The SMILES string of the molecule is C=C(C)[C@@H]1CC=C[C@@H]2CCC[C@H]21. The molecular weight excluding hydrogens is 144 g/mol. The molecule has 0 spiro atoms. The number of hydrogen-bond acceptors (Lipinski definition) is 0. The number of allylic oxidation sites excluding steroid dienone is 3. The van der Waals surface area contributed by atoms with Crippen LogP contribution in [-0.2, 0) is 0 Å². The first-order valence-corrected chi connectivity index (χ1v) is 5.11. The molecule has 66 valence electrons. The number of rotatable bonds is 1. The van der Waals surface area contributed by atoms with Crippen LogP contribution in [0.1, 0.15) is 32.6 Å². The Balaban J connectivity index is 2.16. The predicted molar refractivity (Wildman–Crippen MR) is 52.9 cm³/mol. The minimum Gasteiger partial charge on any atom is -0.0998 e. The third kappa shape index (κ3) is 1.24. The summed E-state index contributed by atoms with van der Waals surface area (Å²) in [5.74, 6) is 2.62. The van der Waals surface area contributed by atoms with Gasteiger partial charge in [-0.15, -0.1) is 0 Å². The Morgan fingerprint density at radius 3 is 3.00 bits per heavy atom. The van der Waals surface area contributed by atoms with E-state index >= 15 is 0 Å². The lowest BCUT2D eigenvalue weighted by Crippen LogP contribution is -2.21. The second-order valence-corrected chi connectivity index (χ2v) is 4.38. The van der Waals surface area contributed by atoms with E-state index in [-0.39, 0.29) is 0 Å². The molecule has 0 aliphatic heterocycles. The molecule has 0 radical (unpaired) electrons. The minimum atomic E-state index is 0.794. The van der Waals surface area contributed by atoms with Crippen LogP contribution < -0.4 is 0 Å². The first kappa shape index (κ1) is 8.10. The largest absolute Gasteiger partial charge is 0.0998 e. The van der Waals surface area contributed by atoms with Crippen LogP contribution in [0, 0.1) is 17.8 Å². The van der Waals surface area contributed by atoms with Crippen molar-refractivity contribution in [1.29, 1.82) is 0 Å². The highest BCUT2D eigenvalue weighted by Gasteiger charge is 2.33. The van der Waals surface area contributed by atoms with Crippen molar-refractivity contribution in [2.45, 2.75) is 32.6 Å². The van der Waals surface area contributed by atoms with E-state index < -0.39 is 0 Å². The molecule has 0 saturated heterocycles. The highest BCUT2D eigenvalue weighted by atomic mass is 14.4. The summed E-state index contributed by atoms with van der Waals surface area (Å²) in [6, 6.07) is 0. The van der Waals surface area contributed by atoms with Crippen molar-refractivity contribution in [3.8, 4) is 0 Å². The van der Waals surface area contributed by atoms with Crippen molar-refractivity contribution >= 4 is 0 Å². The fraction of sp³-hybridized carbons (Fsp3) is 0.667. The van der Waals surface area contributed by atoms with E-state index in [0.29, 0.717) is 0 Å². The maximum Gasteiger partial charge on any atom is -0.0140 e. The zero-order valence-electron chi connectivity index (χ0n) is 7.92. The van der Waals surface area contributed by atoms with E-state index in [4.69, 9.17) is 0 Å². The van der Waals surface area contributed by atoms with Gasteiger partial charge in [0.15, 0.2) is 0 Å². The zero-order chi connectivity index (χ0) is 8.55. The van der Waals surface area contributed by atoms with Crippen molar-refractivity contribution in [3.63, 3.8) is 0 Å². The second kappa shape index (κ2) is 3.08. The highest BCUT2D eigenvalue weighted by molar-refractivity contribution is 5.11. The Morgan fingerprint density at radius 2 is 2.25 bits per heavy atom. The standard InChI is InChI=1S/C12H18/c1-9(2)11-7-3-5-10-6-4-8-12(10)11/h3,5,10-12H,1,4,6-8H2,2H3/t10-,11+,12-/m1/s1. The normalized spacial score (nSPS) is 39.6. The van der Waals surface area contributed by atoms with Gasteiger partial charge in [-0.2, -0.15) is 0 Å². The highest BCUT2D eigenvalue weighted by Crippen LogP contribution is 2.44. The molecule has 0 heteroatoms. The predicted octanol–water partition coefficient (Wildman–Crippen LogP) is 3.55. The Hall–Kier alpha value is -0.520. The second-order valence-electron chi connectivity index (χ2n) is 4.38. The molecule has 3 atom stereocenters. The molecule has 0 heterocycles. The van der Waals surface area contributed by atoms with Gasteiger partial charge in [0.05, 0.1) is 0 Å². The van der Waals surface area contributed by atoms with Crippen molar-refractivity contribution in [3.05, 3.63) is 24.3 Å². The van der Waals surface area contributed by atoms with Gasteiger partial charge in [0.1, 0.15) is 0 Å². The Morgan fingerprint density at radius 1 is 1.42 bits per heavy atom. The molecule has 12 heavy (non-hydrogen) atoms. The molecule has 0 bridgehead atoms. The van der Waals surface area contributed by atoms with E-state index in [1.54, 1.807) is 0 Å². The summed E-state index contributed by atoms with van der Waals surface area (Å²) >= 11 is 0. The molecule has 1 saturated carbocycles. The molecule has 0 aromatic heterocycles. The Kier molecular flexibility index (Phi) is 2.08. The Labute approximate surface area is 75.4 Å².